The van der Waals surface area contributed by atoms with Crippen molar-refractivity contribution in [2.45, 2.75) is 25.3 Å². The smallest absolute Gasteiger partial charge is 0.261 e. The van der Waals surface area contributed by atoms with Crippen molar-refractivity contribution in [2.75, 3.05) is 19.8 Å². The van der Waals surface area contributed by atoms with Gasteiger partial charge in [-0.2, -0.15) is 0 Å². The van der Waals surface area contributed by atoms with E-state index in [-0.39, 0.29) is 31.6 Å². The number of ether oxygens (including phenoxy) is 1. The first kappa shape index (κ1) is 16.5. The van der Waals surface area contributed by atoms with E-state index in [1.165, 1.54) is 0 Å². The standard InChI is InChI=1S/C14H19F2NO3/c15-13(16)10-20-7-6-14(19)17-12(9-18)8-11-4-2-1-3-5-11/h1-5,12-13,18H,6-10H2,(H,17,19)/t12-/m1/s1. The van der Waals surface area contributed by atoms with Crippen LogP contribution in [0.3, 0.4) is 0 Å². The molecule has 0 spiro atoms. The largest absolute Gasteiger partial charge is 0.394 e. The lowest BCUT2D eigenvalue weighted by Gasteiger charge is -2.16. The minimum atomic E-state index is -2.53. The van der Waals surface area contributed by atoms with Crippen molar-refractivity contribution in [2.24, 2.45) is 0 Å². The van der Waals surface area contributed by atoms with E-state index in [0.29, 0.717) is 6.42 Å². The molecule has 0 unspecified atom stereocenters. The Morgan fingerprint density at radius 1 is 1.30 bits per heavy atom. The molecule has 0 bridgehead atoms. The van der Waals surface area contributed by atoms with Gasteiger partial charge in [0.05, 0.1) is 19.3 Å². The van der Waals surface area contributed by atoms with E-state index < -0.39 is 13.0 Å². The van der Waals surface area contributed by atoms with Crippen LogP contribution in [0.1, 0.15) is 12.0 Å². The van der Waals surface area contributed by atoms with Crippen molar-refractivity contribution in [1.29, 1.82) is 0 Å². The number of aliphatic hydroxyl groups excluding tert-OH is 1. The monoisotopic (exact) mass is 287 g/mol. The number of carbonyl (C=O) groups excluding carboxylic acids is 1. The molecular weight excluding hydrogens is 268 g/mol. The summed E-state index contributed by atoms with van der Waals surface area (Å²) in [5.41, 5.74) is 1.00. The van der Waals surface area contributed by atoms with E-state index >= 15 is 0 Å². The van der Waals surface area contributed by atoms with E-state index in [1.54, 1.807) is 0 Å². The first-order valence-corrected chi connectivity index (χ1v) is 6.42. The maximum atomic E-state index is 11.8. The third-order valence-corrected chi connectivity index (χ3v) is 2.63. The molecule has 4 nitrogen and oxygen atoms in total. The number of halogens is 2. The van der Waals surface area contributed by atoms with Crippen molar-refractivity contribution >= 4 is 5.91 Å². The Kier molecular flexibility index (Phi) is 7.75. The first-order valence-electron chi connectivity index (χ1n) is 6.42. The van der Waals surface area contributed by atoms with E-state index in [0.717, 1.165) is 5.56 Å². The molecule has 20 heavy (non-hydrogen) atoms. The fourth-order valence-corrected chi connectivity index (χ4v) is 1.70. The second-order valence-electron chi connectivity index (χ2n) is 4.35. The lowest BCUT2D eigenvalue weighted by atomic mass is 10.1. The molecule has 112 valence electrons. The number of alkyl halides is 2. The van der Waals surface area contributed by atoms with Gasteiger partial charge in [-0.1, -0.05) is 30.3 Å². The summed E-state index contributed by atoms with van der Waals surface area (Å²) < 4.78 is 28.2. The predicted molar refractivity (Wildman–Crippen MR) is 70.6 cm³/mol. The maximum absolute atomic E-state index is 11.8. The van der Waals surface area contributed by atoms with Gasteiger partial charge in [0.25, 0.3) is 6.43 Å². The Balaban J connectivity index is 2.27. The molecule has 1 aromatic rings. The van der Waals surface area contributed by atoms with Gasteiger partial charge in [0, 0.05) is 6.42 Å². The molecule has 1 aromatic carbocycles. The zero-order chi connectivity index (χ0) is 14.8. The maximum Gasteiger partial charge on any atom is 0.261 e. The second kappa shape index (κ2) is 9.39. The lowest BCUT2D eigenvalue weighted by molar-refractivity contribution is -0.123. The van der Waals surface area contributed by atoms with Gasteiger partial charge in [-0.15, -0.1) is 0 Å². The van der Waals surface area contributed by atoms with Crippen molar-refractivity contribution in [1.82, 2.24) is 5.32 Å². The quantitative estimate of drug-likeness (QED) is 0.675. The molecule has 0 aromatic heterocycles. The minimum Gasteiger partial charge on any atom is -0.394 e. The number of nitrogens with one attached hydrogen (secondary N) is 1. The van der Waals surface area contributed by atoms with Crippen LogP contribution >= 0.6 is 0 Å². The van der Waals surface area contributed by atoms with Gasteiger partial charge in [0.15, 0.2) is 0 Å². The third-order valence-electron chi connectivity index (χ3n) is 2.63. The molecule has 1 amide bonds. The predicted octanol–water partition coefficient (Wildman–Crippen LogP) is 1.38. The lowest BCUT2D eigenvalue weighted by Crippen LogP contribution is -2.39. The third kappa shape index (κ3) is 7.16. The van der Waals surface area contributed by atoms with E-state index in [9.17, 15) is 18.7 Å². The highest BCUT2D eigenvalue weighted by molar-refractivity contribution is 5.76. The molecule has 0 aliphatic heterocycles. The molecule has 1 atom stereocenters. The molecule has 0 radical (unpaired) electrons. The van der Waals surface area contributed by atoms with Crippen molar-refractivity contribution in [3.8, 4) is 0 Å². The highest BCUT2D eigenvalue weighted by Crippen LogP contribution is 2.03. The van der Waals surface area contributed by atoms with E-state index in [4.69, 9.17) is 0 Å². The number of amides is 1. The number of hydrogen-bond acceptors (Lipinski definition) is 3. The highest BCUT2D eigenvalue weighted by atomic mass is 19.3. The molecular formula is C14H19F2NO3. The van der Waals surface area contributed by atoms with Gasteiger partial charge in [-0.3, -0.25) is 4.79 Å². The van der Waals surface area contributed by atoms with Crippen LogP contribution in [-0.4, -0.2) is 43.3 Å². The van der Waals surface area contributed by atoms with Crippen LogP contribution in [0.15, 0.2) is 30.3 Å². The number of hydrogen-bond donors (Lipinski definition) is 2. The summed E-state index contributed by atoms with van der Waals surface area (Å²) in [4.78, 5) is 11.6. The fourth-order valence-electron chi connectivity index (χ4n) is 1.70. The van der Waals surface area contributed by atoms with Gasteiger partial charge >= 0.3 is 0 Å². The number of rotatable bonds is 9. The Morgan fingerprint density at radius 3 is 2.60 bits per heavy atom. The molecule has 2 N–H and O–H groups in total. The van der Waals surface area contributed by atoms with Crippen molar-refractivity contribution in [3.05, 3.63) is 35.9 Å². The number of carbonyl (C=O) groups is 1. The van der Waals surface area contributed by atoms with Crippen LogP contribution in [0.4, 0.5) is 8.78 Å². The Hall–Kier alpha value is -1.53. The van der Waals surface area contributed by atoms with Gasteiger partial charge in [-0.05, 0) is 12.0 Å². The van der Waals surface area contributed by atoms with Crippen LogP contribution in [0, 0.1) is 0 Å². The molecule has 0 saturated carbocycles. The van der Waals surface area contributed by atoms with Crippen LogP contribution in [0.25, 0.3) is 0 Å². The number of benzene rings is 1. The van der Waals surface area contributed by atoms with Gasteiger partial charge < -0.3 is 15.2 Å². The van der Waals surface area contributed by atoms with Gasteiger partial charge in [0.1, 0.15) is 6.61 Å². The average molecular weight is 287 g/mol. The normalized spacial score (nSPS) is 12.4. The zero-order valence-corrected chi connectivity index (χ0v) is 11.1. The molecule has 6 heteroatoms. The SMILES string of the molecule is O=C(CCOCC(F)F)N[C@@H](CO)Cc1ccccc1. The van der Waals surface area contributed by atoms with Gasteiger partial charge in [0.2, 0.25) is 5.91 Å². The van der Waals surface area contributed by atoms with E-state index in [1.807, 2.05) is 30.3 Å². The fraction of sp³-hybridized carbons (Fsp3) is 0.500. The molecule has 0 aliphatic carbocycles. The summed E-state index contributed by atoms with van der Waals surface area (Å²) >= 11 is 0. The second-order valence-corrected chi connectivity index (χ2v) is 4.35. The van der Waals surface area contributed by atoms with Crippen LogP contribution < -0.4 is 5.32 Å². The summed E-state index contributed by atoms with van der Waals surface area (Å²) in [6.45, 7) is -0.904. The molecule has 0 aliphatic rings. The zero-order valence-electron chi connectivity index (χ0n) is 11.1. The van der Waals surface area contributed by atoms with Crippen LogP contribution in [-0.2, 0) is 16.0 Å². The highest BCUT2D eigenvalue weighted by Gasteiger charge is 2.12. The van der Waals surface area contributed by atoms with Gasteiger partial charge in [-0.25, -0.2) is 8.78 Å². The Labute approximate surface area is 116 Å². The van der Waals surface area contributed by atoms with Crippen molar-refractivity contribution < 1.29 is 23.4 Å². The summed E-state index contributed by atoms with van der Waals surface area (Å²) in [6, 6.07) is 9.06. The first-order chi connectivity index (χ1) is 9.61. The molecule has 0 saturated heterocycles. The topological polar surface area (TPSA) is 58.6 Å². The summed E-state index contributed by atoms with van der Waals surface area (Å²) in [6.07, 6.45) is -2.01. The van der Waals surface area contributed by atoms with E-state index in [2.05, 4.69) is 10.1 Å². The molecule has 0 fully saturated rings. The van der Waals surface area contributed by atoms with Crippen LogP contribution in [0.5, 0.6) is 0 Å². The average Bonchev–Trinajstić information content (AvgIpc) is 2.44. The Morgan fingerprint density at radius 2 is 2.00 bits per heavy atom. The van der Waals surface area contributed by atoms with Crippen LogP contribution in [0.2, 0.25) is 0 Å². The molecule has 1 rings (SSSR count). The summed E-state index contributed by atoms with van der Waals surface area (Å²) in [5.74, 6) is -0.325. The molecule has 0 heterocycles. The summed E-state index contributed by atoms with van der Waals surface area (Å²) in [5, 5.41) is 11.9. The Bertz CT molecular complexity index is 387. The number of aliphatic hydroxyl groups is 1. The van der Waals surface area contributed by atoms with Crippen molar-refractivity contribution in [3.63, 3.8) is 0 Å². The summed E-state index contributed by atoms with van der Waals surface area (Å²) in [7, 11) is 0. The minimum absolute atomic E-state index is 0.00197.